The summed E-state index contributed by atoms with van der Waals surface area (Å²) < 4.78 is 0. The first-order valence-corrected chi connectivity index (χ1v) is 22.1. The van der Waals surface area contributed by atoms with E-state index in [1.54, 1.807) is 0 Å². The molecule has 6 bridgehead atoms. The van der Waals surface area contributed by atoms with Crippen molar-refractivity contribution in [3.63, 3.8) is 0 Å². The molecule has 0 aromatic rings. The Balaban J connectivity index is 1.86. The number of fused-ring (bicyclic) bond motifs is 3. The van der Waals surface area contributed by atoms with Gasteiger partial charge in [0, 0.05) is 0 Å². The van der Waals surface area contributed by atoms with Crippen molar-refractivity contribution in [3.8, 4) is 0 Å². The minimum Gasteiger partial charge on any atom is -0.0622 e. The van der Waals surface area contributed by atoms with Gasteiger partial charge in [-0.3, -0.25) is 0 Å². The van der Waals surface area contributed by atoms with Gasteiger partial charge in [0.25, 0.3) is 0 Å². The molecular formula is C49H92. The van der Waals surface area contributed by atoms with Crippen molar-refractivity contribution >= 4 is 0 Å². The molecule has 288 valence electrons. The van der Waals surface area contributed by atoms with Crippen LogP contribution in [0.2, 0.25) is 0 Å². The van der Waals surface area contributed by atoms with Crippen LogP contribution in [0, 0.1) is 140 Å². The van der Waals surface area contributed by atoms with Gasteiger partial charge >= 0.3 is 0 Å². The fraction of sp³-hybridized carbons (Fsp3) is 1.00. The van der Waals surface area contributed by atoms with Crippen LogP contribution >= 0.6 is 0 Å². The Labute approximate surface area is 310 Å². The van der Waals surface area contributed by atoms with Crippen molar-refractivity contribution in [1.82, 2.24) is 0 Å². The summed E-state index contributed by atoms with van der Waals surface area (Å²) in [5, 5.41) is 0. The van der Waals surface area contributed by atoms with E-state index in [1.165, 1.54) is 19.3 Å². The summed E-state index contributed by atoms with van der Waals surface area (Å²) in [6.45, 7) is 59.2. The van der Waals surface area contributed by atoms with Gasteiger partial charge in [0.05, 0.1) is 0 Å². The molecule has 0 aromatic heterocycles. The van der Waals surface area contributed by atoms with Gasteiger partial charge in [-0.2, -0.15) is 0 Å². The number of hydrogen-bond donors (Lipinski definition) is 0. The van der Waals surface area contributed by atoms with Crippen LogP contribution in [0.3, 0.4) is 0 Å². The van der Waals surface area contributed by atoms with Crippen molar-refractivity contribution in [2.45, 2.75) is 172 Å². The van der Waals surface area contributed by atoms with Crippen LogP contribution in [-0.2, 0) is 0 Å². The molecule has 0 heteroatoms. The van der Waals surface area contributed by atoms with Crippen molar-refractivity contribution in [2.24, 2.45) is 140 Å². The fourth-order valence-electron chi connectivity index (χ4n) is 18.3. The molecule has 0 heterocycles. The van der Waals surface area contributed by atoms with E-state index < -0.39 is 0 Å². The number of hydrogen-bond acceptors (Lipinski definition) is 0. The van der Waals surface area contributed by atoms with Crippen LogP contribution < -0.4 is 0 Å². The van der Waals surface area contributed by atoms with Crippen molar-refractivity contribution in [1.29, 1.82) is 0 Å². The zero-order chi connectivity index (χ0) is 37.7. The van der Waals surface area contributed by atoms with E-state index in [0.29, 0.717) is 21.7 Å². The van der Waals surface area contributed by atoms with E-state index in [2.05, 4.69) is 152 Å². The van der Waals surface area contributed by atoms with E-state index in [4.69, 9.17) is 0 Å². The van der Waals surface area contributed by atoms with Gasteiger partial charge in [-0.25, -0.2) is 0 Å². The molecule has 7 aliphatic rings. The summed E-state index contributed by atoms with van der Waals surface area (Å²) in [7, 11) is 0. The van der Waals surface area contributed by atoms with E-state index in [9.17, 15) is 0 Å². The third-order valence-electron chi connectivity index (χ3n) is 19.5. The molecular weight excluding hydrogens is 589 g/mol. The predicted octanol–water partition coefficient (Wildman–Crippen LogP) is 14.9. The van der Waals surface area contributed by atoms with Crippen molar-refractivity contribution < 1.29 is 0 Å². The first kappa shape index (κ1) is 41.8. The lowest BCUT2D eigenvalue weighted by Gasteiger charge is -2.60. The Morgan fingerprint density at radius 2 is 0.449 bits per heavy atom. The SMILES string of the molecule is CC1CC(C)(C)C2C(C)C(C)C(C(C)C2C)C(C)(C)CC(C)C2C(C)C(C)C(C(C)C2C)C(C)(C)CC(C)(C)C2C(C)C(C)C1C(C)C2C. The first-order chi connectivity index (χ1) is 22.1. The molecule has 7 aliphatic carbocycles. The van der Waals surface area contributed by atoms with Crippen LogP contribution in [0.1, 0.15) is 172 Å². The summed E-state index contributed by atoms with van der Waals surface area (Å²) in [5.41, 5.74) is 1.36. The van der Waals surface area contributed by atoms with Gasteiger partial charge < -0.3 is 0 Å². The Morgan fingerprint density at radius 1 is 0.265 bits per heavy atom. The fourth-order valence-corrected chi connectivity index (χ4v) is 18.3. The lowest BCUT2D eigenvalue weighted by Crippen LogP contribution is -2.53. The Morgan fingerprint density at radius 3 is 0.673 bits per heavy atom. The van der Waals surface area contributed by atoms with Crippen molar-refractivity contribution in [3.05, 3.63) is 0 Å². The Kier molecular flexibility index (Phi) is 11.9. The topological polar surface area (TPSA) is 0 Å². The van der Waals surface area contributed by atoms with E-state index in [0.717, 1.165) is 118 Å². The zero-order valence-electron chi connectivity index (χ0n) is 37.7. The summed E-state index contributed by atoms with van der Waals surface area (Å²) in [6.07, 6.45) is 4.12. The molecule has 14 unspecified atom stereocenters. The maximum Gasteiger partial charge on any atom is -0.0306 e. The second-order valence-corrected chi connectivity index (χ2v) is 24.1. The molecule has 49 heavy (non-hydrogen) atoms. The molecule has 0 aliphatic heterocycles. The summed E-state index contributed by atoms with van der Waals surface area (Å²) in [5.74, 6) is 15.5. The maximum absolute atomic E-state index is 2.70. The molecule has 0 saturated heterocycles. The van der Waals surface area contributed by atoms with Crippen LogP contribution in [0.5, 0.6) is 0 Å². The van der Waals surface area contributed by atoms with Crippen LogP contribution in [0.4, 0.5) is 0 Å². The first-order valence-electron chi connectivity index (χ1n) is 22.1. The molecule has 0 N–H and O–H groups in total. The highest BCUT2D eigenvalue weighted by molar-refractivity contribution is 5.06. The molecule has 7 saturated carbocycles. The molecule has 14 atom stereocenters. The second kappa shape index (κ2) is 14.0. The van der Waals surface area contributed by atoms with E-state index in [1.807, 2.05) is 0 Å². The highest BCUT2D eigenvalue weighted by Gasteiger charge is 2.57. The average Bonchev–Trinajstić information content (AvgIpc) is 2.92. The molecule has 7 rings (SSSR count). The summed E-state index contributed by atoms with van der Waals surface area (Å²) >= 11 is 0. The monoisotopic (exact) mass is 681 g/mol. The quantitative estimate of drug-likeness (QED) is 0.239. The standard InChI is InChI=1S/C49H92/c1-26-23-46(15,16)42-36(11)38(13)43(39(14)37(42)12)47(17,18)24-27(2)41-30(5)34(9)45(35(10)31(41)6)49(21,22)25-48(19,20)44-32(7)28(3)40(26)29(4)33(44)8/h26-45H,23-25H2,1-22H3. The third kappa shape index (κ3) is 7.05. The smallest absolute Gasteiger partial charge is 0.0306 e. The van der Waals surface area contributed by atoms with Gasteiger partial charge in [0.1, 0.15) is 0 Å². The van der Waals surface area contributed by atoms with Gasteiger partial charge in [-0.05, 0) is 159 Å². The van der Waals surface area contributed by atoms with Crippen molar-refractivity contribution in [2.75, 3.05) is 0 Å². The minimum absolute atomic E-state index is 0.327. The molecule has 0 nitrogen and oxygen atoms in total. The Hall–Kier alpha value is 0. The normalized spacial score (nSPS) is 54.7. The van der Waals surface area contributed by atoms with Gasteiger partial charge in [0.2, 0.25) is 0 Å². The predicted molar refractivity (Wildman–Crippen MR) is 218 cm³/mol. The molecule has 0 amide bonds. The lowest BCUT2D eigenvalue weighted by atomic mass is 9.45. The maximum atomic E-state index is 2.70. The summed E-state index contributed by atoms with van der Waals surface area (Å²) in [6, 6.07) is 0. The van der Waals surface area contributed by atoms with Gasteiger partial charge in [-0.15, -0.1) is 0 Å². The van der Waals surface area contributed by atoms with Crippen LogP contribution in [-0.4, -0.2) is 0 Å². The average molecular weight is 681 g/mol. The second-order valence-electron chi connectivity index (χ2n) is 24.1. The van der Waals surface area contributed by atoms with Crippen LogP contribution in [0.15, 0.2) is 0 Å². The van der Waals surface area contributed by atoms with E-state index in [-0.39, 0.29) is 0 Å². The summed E-state index contributed by atoms with van der Waals surface area (Å²) in [4.78, 5) is 0. The highest BCUT2D eigenvalue weighted by Crippen LogP contribution is 2.64. The molecule has 0 aromatic carbocycles. The largest absolute Gasteiger partial charge is 0.0622 e. The molecule has 0 spiro atoms. The van der Waals surface area contributed by atoms with Gasteiger partial charge in [-0.1, -0.05) is 152 Å². The van der Waals surface area contributed by atoms with Crippen LogP contribution in [0.25, 0.3) is 0 Å². The highest BCUT2D eigenvalue weighted by atomic mass is 14.6. The molecule has 7 fully saturated rings. The van der Waals surface area contributed by atoms with Gasteiger partial charge in [0.15, 0.2) is 0 Å². The number of rotatable bonds is 0. The Bertz CT molecular complexity index is 971. The zero-order valence-corrected chi connectivity index (χ0v) is 37.7. The third-order valence-corrected chi connectivity index (χ3v) is 19.5. The minimum atomic E-state index is 0.327. The lowest BCUT2D eigenvalue weighted by molar-refractivity contribution is -0.112. The van der Waals surface area contributed by atoms with E-state index >= 15 is 0 Å². The molecule has 0 radical (unpaired) electrons.